The molecule has 108 valence electrons. The lowest BCUT2D eigenvalue weighted by Crippen LogP contribution is -2.32. The summed E-state index contributed by atoms with van der Waals surface area (Å²) in [6, 6.07) is 7.24. The van der Waals surface area contributed by atoms with E-state index in [0.29, 0.717) is 18.3 Å². The van der Waals surface area contributed by atoms with Crippen LogP contribution in [0, 0.1) is 10.1 Å². The van der Waals surface area contributed by atoms with Crippen LogP contribution >= 0.6 is 24.0 Å². The van der Waals surface area contributed by atoms with Crippen LogP contribution in [-0.4, -0.2) is 24.1 Å². The van der Waals surface area contributed by atoms with Gasteiger partial charge in [0.15, 0.2) is 0 Å². The molecule has 0 aliphatic heterocycles. The zero-order valence-corrected chi connectivity index (χ0v) is 13.7. The number of benzene rings is 1. The average Bonchev–Trinajstić information content (AvgIpc) is 2.39. The third-order valence-corrected chi connectivity index (χ3v) is 2.96. The molecular weight excluding hydrogens is 357 g/mol. The lowest BCUT2D eigenvalue weighted by atomic mass is 10.2. The monoisotopic (exact) mass is 379 g/mol. The Hall–Kier alpha value is -0.890. The van der Waals surface area contributed by atoms with Crippen molar-refractivity contribution in [1.82, 2.24) is 5.32 Å². The standard InChI is InChI=1S/C13H21N3O2.HI/c1-3-11(4-2)14-9-10-15-12-7-5-6-8-13(12)16(17)18;/h5-8,11,14-15H,3-4,9-10H2,1-2H3;1H. The fourth-order valence-corrected chi connectivity index (χ4v) is 1.83. The van der Waals surface area contributed by atoms with Gasteiger partial charge >= 0.3 is 0 Å². The van der Waals surface area contributed by atoms with E-state index in [0.717, 1.165) is 19.4 Å². The van der Waals surface area contributed by atoms with Crippen LogP contribution in [0.4, 0.5) is 11.4 Å². The number of nitro groups is 1. The minimum absolute atomic E-state index is 0. The summed E-state index contributed by atoms with van der Waals surface area (Å²) in [6.45, 7) is 5.78. The molecule has 0 radical (unpaired) electrons. The minimum Gasteiger partial charge on any atom is -0.378 e. The molecule has 6 heteroatoms. The molecule has 0 amide bonds. The molecule has 0 aliphatic carbocycles. The Balaban J connectivity index is 0.00000324. The van der Waals surface area contributed by atoms with Crippen LogP contribution < -0.4 is 10.6 Å². The number of nitrogens with zero attached hydrogens (tertiary/aromatic N) is 1. The number of halogens is 1. The van der Waals surface area contributed by atoms with Crippen molar-refractivity contribution in [3.63, 3.8) is 0 Å². The summed E-state index contributed by atoms with van der Waals surface area (Å²) >= 11 is 0. The molecule has 0 unspecified atom stereocenters. The Morgan fingerprint density at radius 2 is 1.84 bits per heavy atom. The predicted molar refractivity (Wildman–Crippen MR) is 89.4 cm³/mol. The van der Waals surface area contributed by atoms with E-state index in [4.69, 9.17) is 0 Å². The van der Waals surface area contributed by atoms with Crippen LogP contribution in [0.5, 0.6) is 0 Å². The minimum atomic E-state index is -0.364. The number of hydrogen-bond acceptors (Lipinski definition) is 4. The molecule has 0 spiro atoms. The summed E-state index contributed by atoms with van der Waals surface area (Å²) in [5.74, 6) is 0. The van der Waals surface area contributed by atoms with E-state index in [9.17, 15) is 10.1 Å². The molecule has 0 aromatic heterocycles. The molecule has 0 aliphatic rings. The molecule has 5 nitrogen and oxygen atoms in total. The lowest BCUT2D eigenvalue weighted by Gasteiger charge is -2.15. The maximum atomic E-state index is 10.8. The lowest BCUT2D eigenvalue weighted by molar-refractivity contribution is -0.384. The molecule has 1 aromatic rings. The van der Waals surface area contributed by atoms with Gasteiger partial charge in [-0.3, -0.25) is 10.1 Å². The van der Waals surface area contributed by atoms with Gasteiger partial charge in [-0.25, -0.2) is 0 Å². The molecule has 19 heavy (non-hydrogen) atoms. The second-order valence-electron chi connectivity index (χ2n) is 4.17. The summed E-state index contributed by atoms with van der Waals surface area (Å²) in [6.07, 6.45) is 2.20. The summed E-state index contributed by atoms with van der Waals surface area (Å²) in [7, 11) is 0. The highest BCUT2D eigenvalue weighted by atomic mass is 127. The molecular formula is C13H22IN3O2. The fraction of sp³-hybridized carbons (Fsp3) is 0.538. The van der Waals surface area contributed by atoms with E-state index < -0.39 is 0 Å². The van der Waals surface area contributed by atoms with E-state index in [1.54, 1.807) is 18.2 Å². The van der Waals surface area contributed by atoms with Gasteiger partial charge in [0.05, 0.1) is 4.92 Å². The number of para-hydroxylation sites is 2. The SMILES string of the molecule is CCC(CC)NCCNc1ccccc1[N+](=O)[O-].I. The zero-order chi connectivity index (χ0) is 13.4. The highest BCUT2D eigenvalue weighted by Gasteiger charge is 2.11. The van der Waals surface area contributed by atoms with E-state index in [2.05, 4.69) is 24.5 Å². The zero-order valence-electron chi connectivity index (χ0n) is 11.4. The van der Waals surface area contributed by atoms with Crippen molar-refractivity contribution in [3.05, 3.63) is 34.4 Å². The molecule has 0 fully saturated rings. The number of rotatable bonds is 8. The van der Waals surface area contributed by atoms with Gasteiger partial charge in [0.1, 0.15) is 5.69 Å². The number of nitro benzene ring substituents is 1. The van der Waals surface area contributed by atoms with Crippen molar-refractivity contribution in [3.8, 4) is 0 Å². The summed E-state index contributed by atoms with van der Waals surface area (Å²) in [5.41, 5.74) is 0.703. The van der Waals surface area contributed by atoms with Crippen molar-refractivity contribution < 1.29 is 4.92 Å². The van der Waals surface area contributed by atoms with E-state index >= 15 is 0 Å². The van der Waals surface area contributed by atoms with Gasteiger partial charge in [-0.1, -0.05) is 26.0 Å². The molecule has 0 saturated carbocycles. The van der Waals surface area contributed by atoms with Crippen LogP contribution in [0.3, 0.4) is 0 Å². The van der Waals surface area contributed by atoms with Crippen LogP contribution in [0.25, 0.3) is 0 Å². The predicted octanol–water partition coefficient (Wildman–Crippen LogP) is 3.40. The maximum absolute atomic E-state index is 10.8. The van der Waals surface area contributed by atoms with E-state index in [-0.39, 0.29) is 34.6 Å². The topological polar surface area (TPSA) is 67.2 Å². The van der Waals surface area contributed by atoms with Crippen molar-refractivity contribution in [1.29, 1.82) is 0 Å². The number of anilines is 1. The Bertz CT molecular complexity index is 384. The van der Waals surface area contributed by atoms with Gasteiger partial charge in [0.2, 0.25) is 0 Å². The molecule has 1 aromatic carbocycles. The van der Waals surface area contributed by atoms with Crippen molar-refractivity contribution in [2.75, 3.05) is 18.4 Å². The molecule has 2 N–H and O–H groups in total. The average molecular weight is 379 g/mol. The first-order valence-corrected chi connectivity index (χ1v) is 6.39. The first-order chi connectivity index (χ1) is 8.69. The number of nitrogens with one attached hydrogen (secondary N) is 2. The normalized spacial score (nSPS) is 10.1. The van der Waals surface area contributed by atoms with Crippen LogP contribution in [0.15, 0.2) is 24.3 Å². The summed E-state index contributed by atoms with van der Waals surface area (Å²) < 4.78 is 0. The van der Waals surface area contributed by atoms with Crippen LogP contribution in [-0.2, 0) is 0 Å². The third-order valence-electron chi connectivity index (χ3n) is 2.96. The second kappa shape index (κ2) is 9.96. The van der Waals surface area contributed by atoms with Gasteiger partial charge in [0.25, 0.3) is 5.69 Å². The Morgan fingerprint density at radius 3 is 2.42 bits per heavy atom. The van der Waals surface area contributed by atoms with Crippen LogP contribution in [0.2, 0.25) is 0 Å². The largest absolute Gasteiger partial charge is 0.378 e. The van der Waals surface area contributed by atoms with Gasteiger partial charge < -0.3 is 10.6 Å². The Kier molecular flexibility index (Phi) is 9.50. The number of hydrogen-bond donors (Lipinski definition) is 2. The summed E-state index contributed by atoms with van der Waals surface area (Å²) in [5, 5.41) is 17.3. The second-order valence-corrected chi connectivity index (χ2v) is 4.17. The van der Waals surface area contributed by atoms with Crippen molar-refractivity contribution >= 4 is 35.4 Å². The van der Waals surface area contributed by atoms with Gasteiger partial charge in [-0.05, 0) is 18.9 Å². The van der Waals surface area contributed by atoms with Gasteiger partial charge in [-0.15, -0.1) is 24.0 Å². The first-order valence-electron chi connectivity index (χ1n) is 6.39. The smallest absolute Gasteiger partial charge is 0.292 e. The van der Waals surface area contributed by atoms with Crippen LogP contribution in [0.1, 0.15) is 26.7 Å². The highest BCUT2D eigenvalue weighted by molar-refractivity contribution is 14.0. The fourth-order valence-electron chi connectivity index (χ4n) is 1.83. The third kappa shape index (κ3) is 6.20. The quantitative estimate of drug-likeness (QED) is 0.315. The Labute approximate surface area is 131 Å². The van der Waals surface area contributed by atoms with E-state index in [1.807, 2.05) is 0 Å². The Morgan fingerprint density at radius 1 is 1.21 bits per heavy atom. The van der Waals surface area contributed by atoms with Crippen molar-refractivity contribution in [2.45, 2.75) is 32.7 Å². The van der Waals surface area contributed by atoms with E-state index in [1.165, 1.54) is 6.07 Å². The molecule has 1 rings (SSSR count). The summed E-state index contributed by atoms with van der Waals surface area (Å²) in [4.78, 5) is 10.4. The van der Waals surface area contributed by atoms with Crippen molar-refractivity contribution in [2.24, 2.45) is 0 Å². The van der Waals surface area contributed by atoms with Gasteiger partial charge in [0, 0.05) is 25.2 Å². The maximum Gasteiger partial charge on any atom is 0.292 e. The molecule has 0 bridgehead atoms. The van der Waals surface area contributed by atoms with Gasteiger partial charge in [-0.2, -0.15) is 0 Å². The molecule has 0 atom stereocenters. The first kappa shape index (κ1) is 18.1. The highest BCUT2D eigenvalue weighted by Crippen LogP contribution is 2.22. The molecule has 0 heterocycles. The molecule has 0 saturated heterocycles.